The normalized spacial score (nSPS) is 15.6. The molecule has 0 fully saturated rings. The van der Waals surface area contributed by atoms with Crippen LogP contribution < -0.4 is 0 Å². The molecule has 0 aromatic carbocycles. The SMILES string of the molecule is [CH2-]CC([CH2-])(C)OCCC.[U+2]. The molecule has 0 saturated carbocycles. The zero-order valence-corrected chi connectivity index (χ0v) is 11.1. The standard InChI is InChI=1S/C8H16O.U/c1-5-7-9-8(3,4)6-2;/h2-3,5-7H2,1,4H3;/q-2;+2. The van der Waals surface area contributed by atoms with Crippen LogP contribution in [-0.4, -0.2) is 12.2 Å². The van der Waals surface area contributed by atoms with Crippen molar-refractivity contribution in [2.24, 2.45) is 0 Å². The van der Waals surface area contributed by atoms with Gasteiger partial charge in [-0.2, -0.15) is 6.42 Å². The first-order valence-electron chi connectivity index (χ1n) is 3.41. The molecule has 1 unspecified atom stereocenters. The van der Waals surface area contributed by atoms with Crippen LogP contribution in [0.4, 0.5) is 0 Å². The third-order valence-electron chi connectivity index (χ3n) is 1.18. The van der Waals surface area contributed by atoms with Gasteiger partial charge in [0, 0.05) is 6.61 Å². The Hall–Kier alpha value is 1.01. The maximum Gasteiger partial charge on any atom is 2.00 e. The van der Waals surface area contributed by atoms with Crippen LogP contribution in [-0.2, 0) is 4.74 Å². The van der Waals surface area contributed by atoms with Crippen molar-refractivity contribution in [2.75, 3.05) is 6.61 Å². The predicted molar refractivity (Wildman–Crippen MR) is 40.0 cm³/mol. The summed E-state index contributed by atoms with van der Waals surface area (Å²) < 4.78 is 5.35. The molecule has 0 aliphatic rings. The Morgan fingerprint density at radius 2 is 2.00 bits per heavy atom. The van der Waals surface area contributed by atoms with Gasteiger partial charge >= 0.3 is 31.1 Å². The van der Waals surface area contributed by atoms with Gasteiger partial charge in [0.2, 0.25) is 0 Å². The van der Waals surface area contributed by atoms with Crippen molar-refractivity contribution in [2.45, 2.75) is 32.3 Å². The molecule has 0 amide bonds. The van der Waals surface area contributed by atoms with E-state index in [9.17, 15) is 0 Å². The second kappa shape index (κ2) is 6.71. The van der Waals surface area contributed by atoms with Gasteiger partial charge in [0.05, 0.1) is 0 Å². The second-order valence-corrected chi connectivity index (χ2v) is 2.55. The fourth-order valence-corrected chi connectivity index (χ4v) is 0.421. The smallest absolute Gasteiger partial charge is 0.410 e. The first-order chi connectivity index (χ1) is 4.12. The predicted octanol–water partition coefficient (Wildman–Crippen LogP) is 2.23. The Balaban J connectivity index is 0. The summed E-state index contributed by atoms with van der Waals surface area (Å²) in [5, 5.41) is 0. The van der Waals surface area contributed by atoms with Crippen LogP contribution in [0.1, 0.15) is 26.7 Å². The minimum Gasteiger partial charge on any atom is -0.410 e. The van der Waals surface area contributed by atoms with Gasteiger partial charge < -0.3 is 18.6 Å². The topological polar surface area (TPSA) is 9.23 Å². The van der Waals surface area contributed by atoms with Gasteiger partial charge in [-0.15, -0.1) is 0 Å². The molecule has 2 heteroatoms. The van der Waals surface area contributed by atoms with Crippen LogP contribution in [0.5, 0.6) is 0 Å². The molecule has 0 spiro atoms. The average Bonchev–Trinajstić information content (AvgIpc) is 1.84. The molecular weight excluding hydrogens is 350 g/mol. The minimum absolute atomic E-state index is 0. The van der Waals surface area contributed by atoms with Crippen molar-refractivity contribution < 1.29 is 35.9 Å². The summed E-state index contributed by atoms with van der Waals surface area (Å²) in [6.45, 7) is 12.4. The number of rotatable bonds is 4. The average molecular weight is 366 g/mol. The molecule has 0 bridgehead atoms. The van der Waals surface area contributed by atoms with Crippen molar-refractivity contribution >= 4 is 0 Å². The minimum atomic E-state index is -0.268. The first kappa shape index (κ1) is 13.6. The molecule has 1 nitrogen and oxygen atoms in total. The van der Waals surface area contributed by atoms with Crippen LogP contribution in [0, 0.1) is 45.0 Å². The summed E-state index contributed by atoms with van der Waals surface area (Å²) in [7, 11) is 0. The van der Waals surface area contributed by atoms with Crippen LogP contribution >= 0.6 is 0 Å². The van der Waals surface area contributed by atoms with Gasteiger partial charge in [-0.3, -0.25) is 0 Å². The van der Waals surface area contributed by atoms with E-state index in [1.54, 1.807) is 0 Å². The van der Waals surface area contributed by atoms with Crippen molar-refractivity contribution in [1.82, 2.24) is 0 Å². The van der Waals surface area contributed by atoms with E-state index < -0.39 is 0 Å². The van der Waals surface area contributed by atoms with Crippen LogP contribution in [0.15, 0.2) is 0 Å². The summed E-state index contributed by atoms with van der Waals surface area (Å²) in [5.41, 5.74) is -0.268. The van der Waals surface area contributed by atoms with Gasteiger partial charge in [0.25, 0.3) is 0 Å². The Bertz CT molecular complexity index is 71.7. The third kappa shape index (κ3) is 7.12. The zero-order chi connectivity index (χ0) is 7.33. The summed E-state index contributed by atoms with van der Waals surface area (Å²) in [6.07, 6.45) is 1.78. The van der Waals surface area contributed by atoms with E-state index in [4.69, 9.17) is 4.74 Å². The van der Waals surface area contributed by atoms with Crippen molar-refractivity contribution in [3.05, 3.63) is 13.8 Å². The molecule has 0 rings (SSSR count). The molecule has 0 heterocycles. The van der Waals surface area contributed by atoms with E-state index in [2.05, 4.69) is 20.8 Å². The van der Waals surface area contributed by atoms with Gasteiger partial charge in [-0.1, -0.05) is 19.4 Å². The Morgan fingerprint density at radius 1 is 1.50 bits per heavy atom. The molecular formula is C8H16OU. The van der Waals surface area contributed by atoms with Crippen LogP contribution in [0.3, 0.4) is 0 Å². The van der Waals surface area contributed by atoms with Gasteiger partial charge in [0.15, 0.2) is 0 Å². The quantitative estimate of drug-likeness (QED) is 0.694. The molecule has 0 aromatic rings. The summed E-state index contributed by atoms with van der Waals surface area (Å²) in [4.78, 5) is 0. The Labute approximate surface area is 88.3 Å². The molecule has 0 N–H and O–H groups in total. The van der Waals surface area contributed by atoms with E-state index in [1.807, 2.05) is 6.92 Å². The summed E-state index contributed by atoms with van der Waals surface area (Å²) in [5.74, 6) is 0. The number of ether oxygens (including phenoxy) is 1. The second-order valence-electron chi connectivity index (χ2n) is 2.55. The summed E-state index contributed by atoms with van der Waals surface area (Å²) >= 11 is 0. The van der Waals surface area contributed by atoms with Gasteiger partial charge in [-0.05, 0) is 6.42 Å². The first-order valence-corrected chi connectivity index (χ1v) is 3.41. The van der Waals surface area contributed by atoms with E-state index >= 15 is 0 Å². The molecule has 10 heavy (non-hydrogen) atoms. The molecule has 0 saturated heterocycles. The van der Waals surface area contributed by atoms with E-state index in [1.165, 1.54) is 0 Å². The molecule has 0 aromatic heterocycles. The van der Waals surface area contributed by atoms with Crippen molar-refractivity contribution in [3.8, 4) is 0 Å². The Morgan fingerprint density at radius 3 is 2.30 bits per heavy atom. The van der Waals surface area contributed by atoms with Crippen LogP contribution in [0.25, 0.3) is 0 Å². The number of hydrogen-bond acceptors (Lipinski definition) is 1. The van der Waals surface area contributed by atoms with Crippen LogP contribution in [0.2, 0.25) is 0 Å². The molecule has 0 aliphatic carbocycles. The van der Waals surface area contributed by atoms with E-state index in [-0.39, 0.29) is 36.7 Å². The fourth-order valence-electron chi connectivity index (χ4n) is 0.421. The van der Waals surface area contributed by atoms with E-state index in [0.717, 1.165) is 19.4 Å². The summed E-state index contributed by atoms with van der Waals surface area (Å²) in [6, 6.07) is 0. The zero-order valence-electron chi connectivity index (χ0n) is 6.94. The van der Waals surface area contributed by atoms with Crippen molar-refractivity contribution in [3.63, 3.8) is 0 Å². The number of hydrogen-bond donors (Lipinski definition) is 0. The van der Waals surface area contributed by atoms with Gasteiger partial charge in [0.1, 0.15) is 0 Å². The maximum absolute atomic E-state index is 5.35. The van der Waals surface area contributed by atoms with Crippen molar-refractivity contribution in [1.29, 1.82) is 0 Å². The maximum atomic E-state index is 5.35. The molecule has 0 aliphatic heterocycles. The largest absolute Gasteiger partial charge is 2.00 e. The monoisotopic (exact) mass is 366 g/mol. The third-order valence-corrected chi connectivity index (χ3v) is 1.18. The molecule has 0 radical (unpaired) electrons. The van der Waals surface area contributed by atoms with E-state index in [0.29, 0.717) is 0 Å². The fraction of sp³-hybridized carbons (Fsp3) is 0.750. The molecule has 58 valence electrons. The van der Waals surface area contributed by atoms with Gasteiger partial charge in [-0.25, -0.2) is 0 Å². The molecule has 1 atom stereocenters. The Kier molecular flexibility index (Phi) is 9.11.